The van der Waals surface area contributed by atoms with E-state index in [0.717, 1.165) is 0 Å². The van der Waals surface area contributed by atoms with Crippen LogP contribution in [0.1, 0.15) is 52.4 Å². The molecule has 0 bridgehead atoms. The van der Waals surface area contributed by atoms with Gasteiger partial charge < -0.3 is 15.0 Å². The Morgan fingerprint density at radius 3 is 2.48 bits per heavy atom. The first-order valence-corrected chi connectivity index (χ1v) is 9.34. The fourth-order valence-electron chi connectivity index (χ4n) is 2.72. The van der Waals surface area contributed by atoms with Crippen molar-refractivity contribution < 1.29 is 22.7 Å². The van der Waals surface area contributed by atoms with Crippen LogP contribution in [0.25, 0.3) is 0 Å². The predicted molar refractivity (Wildman–Crippen MR) is 85.3 cm³/mol. The second-order valence-electron chi connectivity index (χ2n) is 6.15. The first-order valence-electron chi connectivity index (χ1n) is 7.52. The molecule has 2 rings (SSSR count). The lowest BCUT2D eigenvalue weighted by Crippen LogP contribution is -2.36. The minimum atomic E-state index is -3.06. The SMILES string of the molecule is Cc1[nH]c(C(=O)N[C@@H]2CCS(=O)(=O)C2)c(C)c1C(=O)OC(C)C. The lowest BCUT2D eigenvalue weighted by atomic mass is 10.1. The maximum absolute atomic E-state index is 12.4. The topological polar surface area (TPSA) is 105 Å². The second kappa shape index (κ2) is 6.35. The fraction of sp³-hybridized carbons (Fsp3) is 0.600. The summed E-state index contributed by atoms with van der Waals surface area (Å²) in [4.78, 5) is 27.4. The molecule has 0 aromatic carbocycles. The number of amides is 1. The first kappa shape index (κ1) is 17.5. The number of carbonyl (C=O) groups is 2. The van der Waals surface area contributed by atoms with E-state index in [-0.39, 0.29) is 29.3 Å². The standard InChI is InChI=1S/C15H22N2O5S/c1-8(2)22-15(19)12-9(3)13(16-10(12)4)14(18)17-11-5-6-23(20,21)7-11/h8,11,16H,5-7H2,1-4H3,(H,17,18)/t11-/m1/s1. The Bertz CT molecular complexity index is 733. The molecule has 1 fully saturated rings. The monoisotopic (exact) mass is 342 g/mol. The van der Waals surface area contributed by atoms with E-state index in [9.17, 15) is 18.0 Å². The number of hydrogen-bond donors (Lipinski definition) is 2. The van der Waals surface area contributed by atoms with Gasteiger partial charge in [0.15, 0.2) is 9.84 Å². The summed E-state index contributed by atoms with van der Waals surface area (Å²) >= 11 is 0. The Hall–Kier alpha value is -1.83. The van der Waals surface area contributed by atoms with E-state index in [1.165, 1.54) is 0 Å². The molecule has 0 radical (unpaired) electrons. The summed E-state index contributed by atoms with van der Waals surface area (Å²) in [5.41, 5.74) is 1.68. The zero-order valence-electron chi connectivity index (χ0n) is 13.7. The Balaban J connectivity index is 2.17. The van der Waals surface area contributed by atoms with Crippen molar-refractivity contribution in [3.63, 3.8) is 0 Å². The number of aromatic amines is 1. The van der Waals surface area contributed by atoms with Crippen molar-refractivity contribution in [3.05, 3.63) is 22.5 Å². The van der Waals surface area contributed by atoms with Crippen LogP contribution in [0.5, 0.6) is 0 Å². The van der Waals surface area contributed by atoms with Crippen molar-refractivity contribution >= 4 is 21.7 Å². The van der Waals surface area contributed by atoms with Crippen LogP contribution in [-0.4, -0.2) is 48.9 Å². The van der Waals surface area contributed by atoms with Crippen molar-refractivity contribution in [1.82, 2.24) is 10.3 Å². The van der Waals surface area contributed by atoms with Gasteiger partial charge in [0, 0.05) is 11.7 Å². The first-order chi connectivity index (χ1) is 10.6. The number of carbonyl (C=O) groups excluding carboxylic acids is 2. The normalized spacial score (nSPS) is 19.8. The molecular weight excluding hydrogens is 320 g/mol. The highest BCUT2D eigenvalue weighted by Gasteiger charge is 2.31. The molecule has 0 aliphatic carbocycles. The van der Waals surface area contributed by atoms with Crippen LogP contribution in [0.15, 0.2) is 0 Å². The largest absolute Gasteiger partial charge is 0.459 e. The Morgan fingerprint density at radius 2 is 1.96 bits per heavy atom. The van der Waals surface area contributed by atoms with E-state index >= 15 is 0 Å². The molecule has 0 spiro atoms. The molecule has 2 heterocycles. The highest BCUT2D eigenvalue weighted by Crippen LogP contribution is 2.20. The molecule has 1 atom stereocenters. The number of esters is 1. The molecule has 1 aromatic heterocycles. The fourth-order valence-corrected chi connectivity index (χ4v) is 4.40. The third-order valence-electron chi connectivity index (χ3n) is 3.78. The van der Waals surface area contributed by atoms with Gasteiger partial charge in [0.25, 0.3) is 5.91 Å². The molecule has 7 nitrogen and oxygen atoms in total. The van der Waals surface area contributed by atoms with E-state index in [4.69, 9.17) is 4.74 Å². The van der Waals surface area contributed by atoms with Gasteiger partial charge in [-0.3, -0.25) is 4.79 Å². The van der Waals surface area contributed by atoms with Crippen LogP contribution in [-0.2, 0) is 14.6 Å². The number of nitrogens with one attached hydrogen (secondary N) is 2. The third-order valence-corrected chi connectivity index (χ3v) is 5.55. The summed E-state index contributed by atoms with van der Waals surface area (Å²) in [7, 11) is -3.06. The molecule has 1 aromatic rings. The van der Waals surface area contributed by atoms with Crippen molar-refractivity contribution in [1.29, 1.82) is 0 Å². The van der Waals surface area contributed by atoms with Gasteiger partial charge in [-0.15, -0.1) is 0 Å². The van der Waals surface area contributed by atoms with Gasteiger partial charge in [0.2, 0.25) is 0 Å². The lowest BCUT2D eigenvalue weighted by molar-refractivity contribution is 0.0376. The Morgan fingerprint density at radius 1 is 1.30 bits per heavy atom. The third kappa shape index (κ3) is 3.93. The van der Waals surface area contributed by atoms with Crippen LogP contribution >= 0.6 is 0 Å². The van der Waals surface area contributed by atoms with Crippen LogP contribution in [0, 0.1) is 13.8 Å². The van der Waals surface area contributed by atoms with Crippen molar-refractivity contribution in [2.24, 2.45) is 0 Å². The summed E-state index contributed by atoms with van der Waals surface area (Å²) in [6, 6.07) is -0.387. The number of rotatable bonds is 4. The van der Waals surface area contributed by atoms with E-state index in [1.807, 2.05) is 0 Å². The molecule has 1 aliphatic rings. The molecule has 1 aliphatic heterocycles. The summed E-state index contributed by atoms with van der Waals surface area (Å²) in [6.07, 6.45) is 0.159. The van der Waals surface area contributed by atoms with Gasteiger partial charge in [0.1, 0.15) is 5.69 Å². The number of aromatic nitrogens is 1. The summed E-state index contributed by atoms with van der Waals surface area (Å²) in [6.45, 7) is 6.87. The van der Waals surface area contributed by atoms with Crippen LogP contribution in [0.4, 0.5) is 0 Å². The van der Waals surface area contributed by atoms with Crippen LogP contribution in [0.3, 0.4) is 0 Å². The molecule has 0 unspecified atom stereocenters. The zero-order chi connectivity index (χ0) is 17.4. The molecule has 1 saturated heterocycles. The molecule has 8 heteroatoms. The van der Waals surface area contributed by atoms with Crippen molar-refractivity contribution in [3.8, 4) is 0 Å². The molecular formula is C15H22N2O5S. The highest BCUT2D eigenvalue weighted by atomic mass is 32.2. The minimum absolute atomic E-state index is 0.0419. The van der Waals surface area contributed by atoms with Crippen LogP contribution < -0.4 is 5.32 Å². The van der Waals surface area contributed by atoms with Gasteiger partial charge in [0.05, 0.1) is 23.2 Å². The summed E-state index contributed by atoms with van der Waals surface area (Å²) in [5, 5.41) is 2.71. The average molecular weight is 342 g/mol. The summed E-state index contributed by atoms with van der Waals surface area (Å²) < 4.78 is 28.1. The molecule has 2 N–H and O–H groups in total. The maximum Gasteiger partial charge on any atom is 0.340 e. The van der Waals surface area contributed by atoms with Crippen molar-refractivity contribution in [2.75, 3.05) is 11.5 Å². The zero-order valence-corrected chi connectivity index (χ0v) is 14.5. The van der Waals surface area contributed by atoms with Gasteiger partial charge in [-0.1, -0.05) is 0 Å². The molecule has 128 valence electrons. The van der Waals surface area contributed by atoms with E-state index in [2.05, 4.69) is 10.3 Å². The van der Waals surface area contributed by atoms with E-state index in [0.29, 0.717) is 23.2 Å². The van der Waals surface area contributed by atoms with E-state index in [1.54, 1.807) is 27.7 Å². The number of hydrogen-bond acceptors (Lipinski definition) is 5. The maximum atomic E-state index is 12.4. The lowest BCUT2D eigenvalue weighted by Gasteiger charge is -2.11. The molecule has 23 heavy (non-hydrogen) atoms. The number of H-pyrrole nitrogens is 1. The minimum Gasteiger partial charge on any atom is -0.459 e. The van der Waals surface area contributed by atoms with Gasteiger partial charge in [-0.25, -0.2) is 13.2 Å². The predicted octanol–water partition coefficient (Wildman–Crippen LogP) is 1.11. The quantitative estimate of drug-likeness (QED) is 0.798. The Labute approximate surface area is 135 Å². The molecule has 1 amide bonds. The second-order valence-corrected chi connectivity index (χ2v) is 8.38. The van der Waals surface area contributed by atoms with Crippen molar-refractivity contribution in [2.45, 2.75) is 46.3 Å². The number of sulfone groups is 1. The molecule has 0 saturated carbocycles. The summed E-state index contributed by atoms with van der Waals surface area (Å²) in [5.74, 6) is -0.836. The highest BCUT2D eigenvalue weighted by molar-refractivity contribution is 7.91. The number of aryl methyl sites for hydroxylation is 1. The van der Waals surface area contributed by atoms with Crippen LogP contribution in [0.2, 0.25) is 0 Å². The average Bonchev–Trinajstić information content (AvgIpc) is 2.88. The van der Waals surface area contributed by atoms with Gasteiger partial charge >= 0.3 is 5.97 Å². The van der Waals surface area contributed by atoms with Gasteiger partial charge in [-0.05, 0) is 39.7 Å². The Kier molecular flexibility index (Phi) is 4.84. The van der Waals surface area contributed by atoms with E-state index < -0.39 is 21.7 Å². The smallest absolute Gasteiger partial charge is 0.340 e. The number of ether oxygens (including phenoxy) is 1. The van der Waals surface area contributed by atoms with Gasteiger partial charge in [-0.2, -0.15) is 0 Å².